The zero-order chi connectivity index (χ0) is 9.07. The second kappa shape index (κ2) is 3.60. The summed E-state index contributed by atoms with van der Waals surface area (Å²) in [5, 5.41) is 0. The van der Waals surface area contributed by atoms with Crippen LogP contribution in [0.25, 0.3) is 0 Å². The smallest absolute Gasteiger partial charge is 0.409 e. The number of carbonyl (C=O) groups excluding carboxylic acids is 1. The topological polar surface area (TPSA) is 29.5 Å². The van der Waals surface area contributed by atoms with Crippen molar-refractivity contribution >= 4 is 6.09 Å². The maximum absolute atomic E-state index is 10.9. The van der Waals surface area contributed by atoms with E-state index in [1.54, 1.807) is 14.1 Å². The summed E-state index contributed by atoms with van der Waals surface area (Å²) >= 11 is 0. The molecule has 0 spiro atoms. The number of hydrogen-bond donors (Lipinski definition) is 0. The van der Waals surface area contributed by atoms with Crippen LogP contribution in [0.2, 0.25) is 0 Å². The van der Waals surface area contributed by atoms with Crippen LogP contribution in [0.15, 0.2) is 0 Å². The lowest BCUT2D eigenvalue weighted by Gasteiger charge is -2.19. The van der Waals surface area contributed by atoms with Crippen LogP contribution in [0.4, 0.5) is 4.79 Å². The first-order valence-corrected chi connectivity index (χ1v) is 3.67. The first kappa shape index (κ1) is 10.3. The Kier molecular flexibility index (Phi) is 3.36. The highest BCUT2D eigenvalue weighted by atomic mass is 16.6. The van der Waals surface area contributed by atoms with Crippen molar-refractivity contribution in [2.24, 2.45) is 5.41 Å². The van der Waals surface area contributed by atoms with Crippen molar-refractivity contribution in [3.05, 3.63) is 0 Å². The lowest BCUT2D eigenvalue weighted by molar-refractivity contribution is 0.0843. The Balaban J connectivity index is 3.64. The molecule has 0 aromatic carbocycles. The number of carbonyl (C=O) groups is 1. The average Bonchev–Trinajstić information content (AvgIpc) is 1.80. The highest BCUT2D eigenvalue weighted by Crippen LogP contribution is 2.12. The second-order valence-electron chi connectivity index (χ2n) is 4.01. The van der Waals surface area contributed by atoms with Gasteiger partial charge in [-0.15, -0.1) is 0 Å². The van der Waals surface area contributed by atoms with Crippen molar-refractivity contribution in [2.75, 3.05) is 20.7 Å². The van der Waals surface area contributed by atoms with Crippen molar-refractivity contribution in [1.29, 1.82) is 0 Å². The number of hydrogen-bond acceptors (Lipinski definition) is 2. The molecule has 1 amide bonds. The molecule has 0 atom stereocenters. The number of ether oxygens (including phenoxy) is 1. The molecule has 0 saturated heterocycles. The fraction of sp³-hybridized carbons (Fsp3) is 0.875. The molecule has 0 aliphatic rings. The molecule has 0 N–H and O–H groups in total. The van der Waals surface area contributed by atoms with Gasteiger partial charge in [0.1, 0.15) is 0 Å². The van der Waals surface area contributed by atoms with Gasteiger partial charge >= 0.3 is 6.09 Å². The van der Waals surface area contributed by atoms with Gasteiger partial charge in [-0.25, -0.2) is 4.79 Å². The van der Waals surface area contributed by atoms with E-state index in [9.17, 15) is 4.79 Å². The van der Waals surface area contributed by atoms with Crippen molar-refractivity contribution < 1.29 is 9.53 Å². The van der Waals surface area contributed by atoms with Gasteiger partial charge in [0.2, 0.25) is 0 Å². The molecule has 0 saturated carbocycles. The third kappa shape index (κ3) is 5.70. The number of nitrogens with zero attached hydrogens (tertiary/aromatic N) is 1. The summed E-state index contributed by atoms with van der Waals surface area (Å²) in [6, 6.07) is 0. The molecule has 0 unspecified atom stereocenters. The molecule has 3 nitrogen and oxygen atoms in total. The largest absolute Gasteiger partial charge is 0.449 e. The van der Waals surface area contributed by atoms with Crippen LogP contribution in [-0.4, -0.2) is 31.7 Å². The van der Waals surface area contributed by atoms with Gasteiger partial charge < -0.3 is 9.64 Å². The molecule has 66 valence electrons. The fourth-order valence-corrected chi connectivity index (χ4v) is 0.407. The summed E-state index contributed by atoms with van der Waals surface area (Å²) in [7, 11) is 3.34. The third-order valence-corrected chi connectivity index (χ3v) is 0.994. The SMILES string of the molecule is CN(C)C(=O)OCC(C)(C)C. The highest BCUT2D eigenvalue weighted by molar-refractivity contribution is 5.66. The molecule has 0 bridgehead atoms. The Bertz CT molecular complexity index is 136. The van der Waals surface area contributed by atoms with E-state index in [-0.39, 0.29) is 11.5 Å². The molecule has 0 fully saturated rings. The monoisotopic (exact) mass is 159 g/mol. The predicted molar refractivity (Wildman–Crippen MR) is 44.5 cm³/mol. The quantitative estimate of drug-likeness (QED) is 0.583. The Hall–Kier alpha value is -0.730. The standard InChI is InChI=1S/C8H17NO2/c1-8(2,3)6-11-7(10)9(4)5/h6H2,1-5H3. The van der Waals surface area contributed by atoms with Gasteiger partial charge in [-0.2, -0.15) is 0 Å². The van der Waals surface area contributed by atoms with E-state index in [2.05, 4.69) is 0 Å². The molecule has 0 heterocycles. The molecular weight excluding hydrogens is 142 g/mol. The van der Waals surface area contributed by atoms with Gasteiger partial charge in [0, 0.05) is 14.1 Å². The summed E-state index contributed by atoms with van der Waals surface area (Å²) < 4.78 is 4.95. The Labute approximate surface area is 68.3 Å². The van der Waals surface area contributed by atoms with Gasteiger partial charge in [0.05, 0.1) is 6.61 Å². The van der Waals surface area contributed by atoms with Crippen molar-refractivity contribution in [2.45, 2.75) is 20.8 Å². The Morgan fingerprint density at radius 1 is 1.36 bits per heavy atom. The van der Waals surface area contributed by atoms with E-state index >= 15 is 0 Å². The van der Waals surface area contributed by atoms with Crippen LogP contribution in [0, 0.1) is 5.41 Å². The van der Waals surface area contributed by atoms with E-state index in [4.69, 9.17) is 4.74 Å². The zero-order valence-corrected chi connectivity index (χ0v) is 7.97. The average molecular weight is 159 g/mol. The van der Waals surface area contributed by atoms with Gasteiger partial charge in [-0.3, -0.25) is 0 Å². The minimum atomic E-state index is -0.278. The first-order chi connectivity index (χ1) is 4.83. The number of rotatable bonds is 1. The lowest BCUT2D eigenvalue weighted by Crippen LogP contribution is -2.27. The van der Waals surface area contributed by atoms with Crippen LogP contribution in [0.1, 0.15) is 20.8 Å². The van der Waals surface area contributed by atoms with Gasteiger partial charge in [0.25, 0.3) is 0 Å². The van der Waals surface area contributed by atoms with Crippen LogP contribution < -0.4 is 0 Å². The Morgan fingerprint density at radius 3 is 2.09 bits per heavy atom. The first-order valence-electron chi connectivity index (χ1n) is 3.67. The lowest BCUT2D eigenvalue weighted by atomic mass is 9.99. The van der Waals surface area contributed by atoms with E-state index in [0.717, 1.165) is 0 Å². The molecule has 0 rings (SSSR count). The maximum atomic E-state index is 10.9. The molecule has 3 heteroatoms. The molecule has 0 aliphatic heterocycles. The van der Waals surface area contributed by atoms with E-state index < -0.39 is 0 Å². The van der Waals surface area contributed by atoms with Crippen molar-refractivity contribution in [1.82, 2.24) is 4.90 Å². The van der Waals surface area contributed by atoms with E-state index in [1.807, 2.05) is 20.8 Å². The van der Waals surface area contributed by atoms with Crippen LogP contribution in [-0.2, 0) is 4.74 Å². The zero-order valence-electron chi connectivity index (χ0n) is 7.97. The summed E-state index contributed by atoms with van der Waals surface area (Å²) in [6.45, 7) is 6.53. The second-order valence-corrected chi connectivity index (χ2v) is 4.01. The predicted octanol–water partition coefficient (Wildman–Crippen LogP) is 1.73. The third-order valence-electron chi connectivity index (χ3n) is 0.994. The highest BCUT2D eigenvalue weighted by Gasteiger charge is 2.14. The number of amides is 1. The molecule has 0 aromatic heterocycles. The van der Waals surface area contributed by atoms with E-state index in [1.165, 1.54) is 4.90 Å². The summed E-state index contributed by atoms with van der Waals surface area (Å²) in [5.74, 6) is 0. The minimum Gasteiger partial charge on any atom is -0.449 e. The maximum Gasteiger partial charge on any atom is 0.409 e. The molecule has 0 aliphatic carbocycles. The summed E-state index contributed by atoms with van der Waals surface area (Å²) in [5.41, 5.74) is 0.0473. The normalized spacial score (nSPS) is 11.0. The van der Waals surface area contributed by atoms with Gasteiger partial charge in [0.15, 0.2) is 0 Å². The van der Waals surface area contributed by atoms with Gasteiger partial charge in [-0.05, 0) is 5.41 Å². The van der Waals surface area contributed by atoms with Crippen LogP contribution in [0.3, 0.4) is 0 Å². The molecular formula is C8H17NO2. The molecule has 0 aromatic rings. The van der Waals surface area contributed by atoms with Crippen LogP contribution >= 0.6 is 0 Å². The Morgan fingerprint density at radius 2 is 1.82 bits per heavy atom. The molecule has 11 heavy (non-hydrogen) atoms. The van der Waals surface area contributed by atoms with Crippen LogP contribution in [0.5, 0.6) is 0 Å². The van der Waals surface area contributed by atoms with E-state index in [0.29, 0.717) is 6.61 Å². The van der Waals surface area contributed by atoms with Crippen molar-refractivity contribution in [3.63, 3.8) is 0 Å². The summed E-state index contributed by atoms with van der Waals surface area (Å²) in [4.78, 5) is 12.3. The summed E-state index contributed by atoms with van der Waals surface area (Å²) in [6.07, 6.45) is -0.278. The minimum absolute atomic E-state index is 0.0473. The van der Waals surface area contributed by atoms with Crippen molar-refractivity contribution in [3.8, 4) is 0 Å². The fourth-order valence-electron chi connectivity index (χ4n) is 0.407. The molecule has 0 radical (unpaired) electrons. The van der Waals surface area contributed by atoms with Gasteiger partial charge in [-0.1, -0.05) is 20.8 Å².